The molecule has 1 heterocycles. The highest BCUT2D eigenvalue weighted by Gasteiger charge is 2.58. The predicted molar refractivity (Wildman–Crippen MR) is 238 cm³/mol. The number of hydrogen-bond acceptors (Lipinski definition) is 3. The maximum atomic E-state index is 6.96. The summed E-state index contributed by atoms with van der Waals surface area (Å²) in [6, 6.07) is 58.4. The molecule has 0 saturated carbocycles. The van der Waals surface area contributed by atoms with Crippen molar-refractivity contribution in [3.8, 4) is 45.3 Å². The van der Waals surface area contributed by atoms with E-state index < -0.39 is 0 Å². The summed E-state index contributed by atoms with van der Waals surface area (Å²) < 4.78 is 13.7. The van der Waals surface area contributed by atoms with Crippen LogP contribution in [0.25, 0.3) is 27.8 Å². The SMILES string of the molecule is C/C=C1\C(=C/C)C2(c3ccccc31)c1cc3c(cc1C1C=CC=CC12)Oc1ccc(N(c2ccc(-c4ccccc4)cc2)c2ccc(-c4ccccc4)cc2)cc1O3. The van der Waals surface area contributed by atoms with Gasteiger partial charge in [0.2, 0.25) is 0 Å². The Morgan fingerprint density at radius 2 is 1.03 bits per heavy atom. The van der Waals surface area contributed by atoms with Gasteiger partial charge < -0.3 is 14.4 Å². The number of allylic oxidation sites excluding steroid dienone is 8. The van der Waals surface area contributed by atoms with E-state index in [0.717, 1.165) is 28.6 Å². The molecular weight excluding hydrogens is 707 g/mol. The Balaban J connectivity index is 1.01. The van der Waals surface area contributed by atoms with Gasteiger partial charge in [-0.25, -0.2) is 0 Å². The minimum atomic E-state index is -0.344. The van der Waals surface area contributed by atoms with Gasteiger partial charge in [0, 0.05) is 29.3 Å². The van der Waals surface area contributed by atoms with Gasteiger partial charge in [0.05, 0.1) is 11.1 Å². The molecule has 7 aromatic carbocycles. The zero-order valence-corrected chi connectivity index (χ0v) is 32.5. The van der Waals surface area contributed by atoms with Gasteiger partial charge in [0.15, 0.2) is 23.0 Å². The van der Waals surface area contributed by atoms with Crippen LogP contribution in [-0.4, -0.2) is 0 Å². The molecule has 7 aromatic rings. The van der Waals surface area contributed by atoms with Gasteiger partial charge in [-0.15, -0.1) is 0 Å². The highest BCUT2D eigenvalue weighted by Crippen LogP contribution is 2.67. The molecule has 0 saturated heterocycles. The summed E-state index contributed by atoms with van der Waals surface area (Å²) in [7, 11) is 0. The summed E-state index contributed by atoms with van der Waals surface area (Å²) >= 11 is 0. The predicted octanol–water partition coefficient (Wildman–Crippen LogP) is 14.9. The van der Waals surface area contributed by atoms with Gasteiger partial charge in [0.1, 0.15) is 0 Å². The molecule has 0 N–H and O–H groups in total. The smallest absolute Gasteiger partial charge is 0.172 e. The number of fused-ring (bicyclic) bond motifs is 9. The maximum absolute atomic E-state index is 6.96. The third kappa shape index (κ3) is 5.13. The first-order valence-electron chi connectivity index (χ1n) is 20.2. The number of hydrogen-bond donors (Lipinski definition) is 0. The van der Waals surface area contributed by atoms with E-state index in [2.05, 4.69) is 213 Å². The van der Waals surface area contributed by atoms with Crippen molar-refractivity contribution in [2.24, 2.45) is 5.92 Å². The molecule has 278 valence electrons. The summed E-state index contributed by atoms with van der Waals surface area (Å²) in [5.41, 5.74) is 15.4. The van der Waals surface area contributed by atoms with Crippen LogP contribution in [0.15, 0.2) is 206 Å². The summed E-state index contributed by atoms with van der Waals surface area (Å²) in [6.07, 6.45) is 13.8. The molecule has 0 fully saturated rings. The summed E-state index contributed by atoms with van der Waals surface area (Å²) in [5, 5.41) is 0. The van der Waals surface area contributed by atoms with E-state index in [-0.39, 0.29) is 17.3 Å². The number of anilines is 3. The van der Waals surface area contributed by atoms with Crippen LogP contribution in [-0.2, 0) is 5.41 Å². The van der Waals surface area contributed by atoms with Crippen molar-refractivity contribution in [2.75, 3.05) is 4.90 Å². The number of nitrogens with zero attached hydrogens (tertiary/aromatic N) is 1. The fourth-order valence-electron chi connectivity index (χ4n) is 10.1. The van der Waals surface area contributed by atoms with Crippen molar-refractivity contribution in [3.63, 3.8) is 0 Å². The van der Waals surface area contributed by atoms with Crippen LogP contribution in [0.5, 0.6) is 23.0 Å². The Kier molecular flexibility index (Phi) is 7.97. The fourth-order valence-corrected chi connectivity index (χ4v) is 10.1. The second-order valence-electron chi connectivity index (χ2n) is 15.5. The second kappa shape index (κ2) is 13.5. The zero-order chi connectivity index (χ0) is 38.8. The van der Waals surface area contributed by atoms with Gasteiger partial charge in [-0.1, -0.05) is 146 Å². The standard InChI is InChI=1S/C55H41NO2/c1-3-43-44-19-11-13-21-48(44)55(47(43)4-2)49-22-14-12-20-45(49)46-34-53-54(35-50(46)55)58-52-33-42(31-32-51(52)57-53)56(40-27-23-38(24-28-40)36-15-7-5-8-16-36)41-29-25-39(26-30-41)37-17-9-6-10-18-37/h3-35,45,49H,1-2H3/b43-3-,47-4+. The Morgan fingerprint density at radius 3 is 1.69 bits per heavy atom. The Morgan fingerprint density at radius 1 is 0.483 bits per heavy atom. The lowest BCUT2D eigenvalue weighted by atomic mass is 9.65. The van der Waals surface area contributed by atoms with Crippen LogP contribution in [0.2, 0.25) is 0 Å². The van der Waals surface area contributed by atoms with Gasteiger partial charge in [-0.3, -0.25) is 0 Å². The number of rotatable bonds is 5. The molecule has 1 aliphatic heterocycles. The largest absolute Gasteiger partial charge is 0.449 e. The average Bonchev–Trinajstić information content (AvgIpc) is 3.74. The van der Waals surface area contributed by atoms with Gasteiger partial charge in [-0.2, -0.15) is 0 Å². The summed E-state index contributed by atoms with van der Waals surface area (Å²) in [5.74, 6) is 3.32. The normalized spacial score (nSPS) is 20.5. The van der Waals surface area contributed by atoms with Crippen molar-refractivity contribution < 1.29 is 9.47 Å². The zero-order valence-electron chi connectivity index (χ0n) is 32.5. The van der Waals surface area contributed by atoms with E-state index in [4.69, 9.17) is 9.47 Å². The third-order valence-corrected chi connectivity index (χ3v) is 12.6. The highest BCUT2D eigenvalue weighted by molar-refractivity contribution is 5.94. The van der Waals surface area contributed by atoms with Crippen molar-refractivity contribution in [1.82, 2.24) is 0 Å². The lowest BCUT2D eigenvalue weighted by Gasteiger charge is -2.36. The maximum Gasteiger partial charge on any atom is 0.172 e. The first kappa shape index (κ1) is 34.2. The summed E-state index contributed by atoms with van der Waals surface area (Å²) in [4.78, 5) is 2.29. The molecule has 58 heavy (non-hydrogen) atoms. The minimum absolute atomic E-state index is 0.215. The van der Waals surface area contributed by atoms with Crippen molar-refractivity contribution in [1.29, 1.82) is 0 Å². The van der Waals surface area contributed by atoms with E-state index in [1.165, 1.54) is 55.7 Å². The first-order chi connectivity index (χ1) is 28.6. The topological polar surface area (TPSA) is 21.7 Å². The Bertz CT molecular complexity index is 2760. The van der Waals surface area contributed by atoms with E-state index in [1.807, 2.05) is 6.07 Å². The molecule has 3 atom stereocenters. The van der Waals surface area contributed by atoms with Crippen LogP contribution in [0.4, 0.5) is 17.1 Å². The van der Waals surface area contributed by atoms with Crippen LogP contribution in [0.1, 0.15) is 42.0 Å². The van der Waals surface area contributed by atoms with Crippen LogP contribution >= 0.6 is 0 Å². The van der Waals surface area contributed by atoms with Gasteiger partial charge >= 0.3 is 0 Å². The van der Waals surface area contributed by atoms with E-state index in [0.29, 0.717) is 11.5 Å². The van der Waals surface area contributed by atoms with E-state index >= 15 is 0 Å². The molecule has 0 aromatic heterocycles. The number of ether oxygens (including phenoxy) is 2. The molecule has 0 bridgehead atoms. The van der Waals surface area contributed by atoms with Crippen LogP contribution < -0.4 is 14.4 Å². The highest BCUT2D eigenvalue weighted by atomic mass is 16.6. The Labute approximate surface area is 340 Å². The average molecular weight is 748 g/mol. The third-order valence-electron chi connectivity index (χ3n) is 12.6. The van der Waals surface area contributed by atoms with Gasteiger partial charge in [0.25, 0.3) is 0 Å². The monoisotopic (exact) mass is 747 g/mol. The Hall–Kier alpha value is -7.10. The van der Waals surface area contributed by atoms with Crippen molar-refractivity contribution in [3.05, 3.63) is 228 Å². The molecule has 1 spiro atoms. The van der Waals surface area contributed by atoms with Gasteiger partial charge in [-0.05, 0) is 118 Å². The fraction of sp³-hybridized carbons (Fsp3) is 0.0909. The van der Waals surface area contributed by atoms with Crippen molar-refractivity contribution >= 4 is 22.6 Å². The molecule has 11 rings (SSSR count). The van der Waals surface area contributed by atoms with E-state index in [9.17, 15) is 0 Å². The quantitative estimate of drug-likeness (QED) is 0.175. The lowest BCUT2D eigenvalue weighted by molar-refractivity contribution is 0.358. The van der Waals surface area contributed by atoms with Crippen LogP contribution in [0.3, 0.4) is 0 Å². The molecule has 3 heteroatoms. The number of benzene rings is 7. The minimum Gasteiger partial charge on any atom is -0.449 e. The molecular formula is C55H41NO2. The molecule has 3 nitrogen and oxygen atoms in total. The lowest BCUT2D eigenvalue weighted by Crippen LogP contribution is -2.33. The molecule has 3 unspecified atom stereocenters. The summed E-state index contributed by atoms with van der Waals surface area (Å²) in [6.45, 7) is 4.35. The molecule has 4 aliphatic rings. The molecule has 3 aliphatic carbocycles. The molecule has 0 amide bonds. The first-order valence-corrected chi connectivity index (χ1v) is 20.2. The van der Waals surface area contributed by atoms with Crippen LogP contribution in [0, 0.1) is 5.92 Å². The second-order valence-corrected chi connectivity index (χ2v) is 15.5. The molecule has 0 radical (unpaired) electrons. The van der Waals surface area contributed by atoms with Crippen molar-refractivity contribution in [2.45, 2.75) is 25.2 Å². The van der Waals surface area contributed by atoms with E-state index in [1.54, 1.807) is 0 Å².